The van der Waals surface area contributed by atoms with E-state index in [-0.39, 0.29) is 74.7 Å². The highest BCUT2D eigenvalue weighted by Gasteiger charge is 2.29. The number of rotatable bonds is 21. The van der Waals surface area contributed by atoms with Crippen molar-refractivity contribution in [3.63, 3.8) is 0 Å². The van der Waals surface area contributed by atoms with E-state index in [1.807, 2.05) is 76.2 Å². The molecule has 14 nitrogen and oxygen atoms in total. The Labute approximate surface area is 312 Å². The monoisotopic (exact) mass is 733 g/mol. The molecule has 1 aromatic heterocycles. The lowest BCUT2D eigenvalue weighted by Gasteiger charge is -2.28. The molecule has 3 aromatic rings. The number of fused-ring (bicyclic) bond motifs is 5. The van der Waals surface area contributed by atoms with E-state index in [9.17, 15) is 19.2 Å². The molecule has 288 valence electrons. The van der Waals surface area contributed by atoms with E-state index < -0.39 is 6.09 Å². The van der Waals surface area contributed by atoms with Crippen LogP contribution in [0.4, 0.5) is 10.5 Å². The Kier molecular flexibility index (Phi) is 16.4. The quantitative estimate of drug-likeness (QED) is 0.116. The van der Waals surface area contributed by atoms with Gasteiger partial charge in [0.15, 0.2) is 5.78 Å². The summed E-state index contributed by atoms with van der Waals surface area (Å²) < 4.78 is 12.6. The molecular formula is C39H55N7O7. The van der Waals surface area contributed by atoms with Crippen LogP contribution >= 0.6 is 0 Å². The summed E-state index contributed by atoms with van der Waals surface area (Å²) in [5.41, 5.74) is 4.46. The fraction of sp³-hybridized carbons (Fsp3) is 0.538. The zero-order valence-electron chi connectivity index (χ0n) is 31.4. The normalized spacial score (nSPS) is 12.7. The summed E-state index contributed by atoms with van der Waals surface area (Å²) >= 11 is 0. The second-order valence-electron chi connectivity index (χ2n) is 13.7. The Morgan fingerprint density at radius 1 is 0.868 bits per heavy atom. The van der Waals surface area contributed by atoms with Crippen LogP contribution in [-0.2, 0) is 36.9 Å². The van der Waals surface area contributed by atoms with Gasteiger partial charge < -0.3 is 35.4 Å². The number of aromatic nitrogens is 3. The summed E-state index contributed by atoms with van der Waals surface area (Å²) in [6.07, 6.45) is 2.22. The van der Waals surface area contributed by atoms with Crippen LogP contribution in [0.15, 0.2) is 48.5 Å². The molecular weight excluding hydrogens is 678 g/mol. The van der Waals surface area contributed by atoms with Gasteiger partial charge >= 0.3 is 6.09 Å². The molecule has 0 saturated heterocycles. The number of carbonyl (C=O) groups excluding carboxylic acids is 4. The third-order valence-electron chi connectivity index (χ3n) is 8.84. The van der Waals surface area contributed by atoms with Crippen molar-refractivity contribution in [1.82, 2.24) is 30.9 Å². The maximum atomic E-state index is 13.8. The van der Waals surface area contributed by atoms with E-state index >= 15 is 0 Å². The second kappa shape index (κ2) is 21.1. The number of amides is 3. The minimum absolute atomic E-state index is 0.00646. The second-order valence-corrected chi connectivity index (χ2v) is 13.7. The third kappa shape index (κ3) is 12.2. The first-order chi connectivity index (χ1) is 25.6. The average molecular weight is 734 g/mol. The summed E-state index contributed by atoms with van der Waals surface area (Å²) in [6.45, 7) is 9.97. The molecule has 0 saturated carbocycles. The molecule has 3 amide bonds. The predicted octanol–water partition coefficient (Wildman–Crippen LogP) is 4.24. The molecule has 0 fully saturated rings. The number of hydrogen-bond donors (Lipinski definition) is 4. The standard InChI is InChI=1S/C39H55N7O7/c1-27(2)38(50)32(42-28(3)4)15-9-10-19-41-39(51)53-25-21-46-37-31-14-7-8-16-33(31)45(26-29-12-5-6-13-30(29)36(37)43-44-46)35(49)18-17-34(48)40-20-24-52-23-11-22-47/h5-8,12-14,16,27-28,32,42,47H,9-11,15,17-26H2,1-4H3,(H,40,48)(H,41,51). The summed E-state index contributed by atoms with van der Waals surface area (Å²) in [4.78, 5) is 53.2. The Morgan fingerprint density at radius 2 is 1.62 bits per heavy atom. The number of carbonyl (C=O) groups is 4. The lowest BCUT2D eigenvalue weighted by molar-refractivity contribution is -0.125. The number of hydrogen-bond acceptors (Lipinski definition) is 10. The highest BCUT2D eigenvalue weighted by Crippen LogP contribution is 2.41. The van der Waals surface area contributed by atoms with Gasteiger partial charge in [-0.1, -0.05) is 75.4 Å². The van der Waals surface area contributed by atoms with E-state index in [0.717, 1.165) is 23.1 Å². The van der Waals surface area contributed by atoms with Crippen LogP contribution in [0.1, 0.15) is 71.8 Å². The average Bonchev–Trinajstić information content (AvgIpc) is 3.55. The third-order valence-corrected chi connectivity index (χ3v) is 8.84. The van der Waals surface area contributed by atoms with Gasteiger partial charge in [0.1, 0.15) is 12.3 Å². The van der Waals surface area contributed by atoms with Crippen molar-refractivity contribution in [3.8, 4) is 22.5 Å². The van der Waals surface area contributed by atoms with Crippen LogP contribution in [0.3, 0.4) is 0 Å². The van der Waals surface area contributed by atoms with Crippen LogP contribution in [0.25, 0.3) is 22.5 Å². The smallest absolute Gasteiger partial charge is 0.407 e. The molecule has 0 radical (unpaired) electrons. The van der Waals surface area contributed by atoms with Crippen LogP contribution < -0.4 is 20.9 Å². The Morgan fingerprint density at radius 3 is 2.38 bits per heavy atom. The SMILES string of the molecule is CC(C)NC(CCCCNC(=O)OCCn1nnc2c1-c1ccccc1N(C(=O)CCC(=O)NCCOCCCO)Cc1ccccc1-2)C(=O)C(C)C. The van der Waals surface area contributed by atoms with E-state index in [4.69, 9.17) is 14.6 Å². The van der Waals surface area contributed by atoms with Crippen LogP contribution in [-0.4, -0.2) is 95.4 Å². The van der Waals surface area contributed by atoms with Gasteiger partial charge in [0, 0.05) is 62.2 Å². The van der Waals surface area contributed by atoms with Crippen molar-refractivity contribution in [3.05, 3.63) is 54.1 Å². The van der Waals surface area contributed by atoms with Gasteiger partial charge in [-0.3, -0.25) is 14.4 Å². The maximum Gasteiger partial charge on any atom is 0.407 e. The Balaban J connectivity index is 1.38. The van der Waals surface area contributed by atoms with Gasteiger partial charge in [0.05, 0.1) is 37.1 Å². The number of alkyl carbamates (subject to hydrolysis) is 1. The van der Waals surface area contributed by atoms with Crippen molar-refractivity contribution in [2.75, 3.05) is 44.4 Å². The van der Waals surface area contributed by atoms with Crippen molar-refractivity contribution in [2.45, 2.75) is 91.4 Å². The first kappa shape index (κ1) is 41.1. The first-order valence-corrected chi connectivity index (χ1v) is 18.7. The molecule has 53 heavy (non-hydrogen) atoms. The van der Waals surface area contributed by atoms with Crippen molar-refractivity contribution in [2.24, 2.45) is 5.92 Å². The van der Waals surface area contributed by atoms with Crippen molar-refractivity contribution < 1.29 is 33.8 Å². The Bertz CT molecular complexity index is 1660. The van der Waals surface area contributed by atoms with E-state index in [1.54, 1.807) is 9.58 Å². The molecule has 0 bridgehead atoms. The number of ether oxygens (including phenoxy) is 2. The molecule has 1 atom stereocenters. The largest absolute Gasteiger partial charge is 0.448 e. The summed E-state index contributed by atoms with van der Waals surface area (Å²) in [5.74, 6) is -0.294. The number of aliphatic hydroxyl groups excluding tert-OH is 1. The topological polar surface area (TPSA) is 177 Å². The van der Waals surface area contributed by atoms with Crippen LogP contribution in [0.5, 0.6) is 0 Å². The molecule has 2 heterocycles. The molecule has 2 aromatic carbocycles. The highest BCUT2D eigenvalue weighted by atomic mass is 16.5. The van der Waals surface area contributed by atoms with E-state index in [2.05, 4.69) is 26.3 Å². The van der Waals surface area contributed by atoms with E-state index in [0.29, 0.717) is 62.6 Å². The molecule has 0 aliphatic carbocycles. The van der Waals surface area contributed by atoms with Gasteiger partial charge in [0.2, 0.25) is 11.8 Å². The lowest BCUT2D eigenvalue weighted by atomic mass is 9.95. The van der Waals surface area contributed by atoms with Crippen LogP contribution in [0, 0.1) is 5.92 Å². The number of para-hydroxylation sites is 1. The zero-order valence-corrected chi connectivity index (χ0v) is 31.4. The van der Waals surface area contributed by atoms with E-state index in [1.165, 1.54) is 0 Å². The van der Waals surface area contributed by atoms with Crippen LogP contribution in [0.2, 0.25) is 0 Å². The maximum absolute atomic E-state index is 13.8. The summed E-state index contributed by atoms with van der Waals surface area (Å²) in [6, 6.07) is 15.3. The molecule has 4 N–H and O–H groups in total. The molecule has 0 spiro atoms. The molecule has 1 aliphatic heterocycles. The lowest BCUT2D eigenvalue weighted by Crippen LogP contribution is -2.42. The minimum Gasteiger partial charge on any atom is -0.448 e. The number of nitrogens with one attached hydrogen (secondary N) is 3. The fourth-order valence-electron chi connectivity index (χ4n) is 6.22. The number of Topliss-reactive ketones (excluding diaryl/α,β-unsaturated/α-hetero) is 1. The van der Waals surface area contributed by atoms with Gasteiger partial charge in [-0.15, -0.1) is 5.10 Å². The number of benzene rings is 2. The number of unbranched alkanes of at least 4 members (excludes halogenated alkanes) is 1. The van der Waals surface area contributed by atoms with Gasteiger partial charge in [0.25, 0.3) is 0 Å². The molecule has 4 rings (SSSR count). The predicted molar refractivity (Wildman–Crippen MR) is 202 cm³/mol. The number of ketones is 1. The van der Waals surface area contributed by atoms with Crippen molar-refractivity contribution >= 4 is 29.4 Å². The Hall–Kier alpha value is -4.66. The van der Waals surface area contributed by atoms with Gasteiger partial charge in [-0.25, -0.2) is 9.48 Å². The van der Waals surface area contributed by atoms with Crippen molar-refractivity contribution in [1.29, 1.82) is 0 Å². The highest BCUT2D eigenvalue weighted by molar-refractivity contribution is 6.01. The zero-order chi connectivity index (χ0) is 38.2. The summed E-state index contributed by atoms with van der Waals surface area (Å²) in [7, 11) is 0. The summed E-state index contributed by atoms with van der Waals surface area (Å²) in [5, 5.41) is 26.8. The molecule has 1 unspecified atom stereocenters. The number of nitrogens with zero attached hydrogens (tertiary/aromatic N) is 4. The first-order valence-electron chi connectivity index (χ1n) is 18.7. The van der Waals surface area contributed by atoms with Gasteiger partial charge in [-0.2, -0.15) is 0 Å². The molecule has 1 aliphatic rings. The molecule has 14 heteroatoms. The van der Waals surface area contributed by atoms with Gasteiger partial charge in [-0.05, 0) is 37.3 Å². The minimum atomic E-state index is -0.538. The fourth-order valence-corrected chi connectivity index (χ4v) is 6.22. The number of anilines is 1. The number of aliphatic hydroxyl groups is 1.